The average molecular weight is 439 g/mol. The fraction of sp³-hybridized carbons (Fsp3) is 0.222. The molecule has 2 N–H and O–H groups in total. The van der Waals surface area contributed by atoms with E-state index in [1.165, 1.54) is 23.1 Å². The Kier molecular flexibility index (Phi) is 4.26. The summed E-state index contributed by atoms with van der Waals surface area (Å²) in [5, 5.41) is 11.6. The van der Waals surface area contributed by atoms with Crippen LogP contribution in [-0.2, 0) is 4.79 Å². The minimum Gasteiger partial charge on any atom is -0.465 e. The van der Waals surface area contributed by atoms with Gasteiger partial charge in [-0.25, -0.2) is 13.6 Å². The summed E-state index contributed by atoms with van der Waals surface area (Å²) in [7, 11) is 0. The Labute approximate surface area is 160 Å². The van der Waals surface area contributed by atoms with E-state index < -0.39 is 29.8 Å². The number of carbonyl (C=O) groups excluding carboxylic acids is 1. The third-order valence-corrected chi connectivity index (χ3v) is 5.30. The number of carboxylic acid groups (broad SMARTS) is 1. The molecule has 0 aromatic heterocycles. The molecule has 6 nitrogen and oxygen atoms in total. The smallest absolute Gasteiger partial charge is 0.404 e. The maximum atomic E-state index is 14.5. The van der Waals surface area contributed by atoms with Crippen molar-refractivity contribution in [1.29, 1.82) is 0 Å². The summed E-state index contributed by atoms with van der Waals surface area (Å²) in [6.45, 7) is 0. The first-order chi connectivity index (χ1) is 12.9. The average Bonchev–Trinajstić information content (AvgIpc) is 2.74. The van der Waals surface area contributed by atoms with Crippen molar-refractivity contribution in [3.63, 3.8) is 0 Å². The summed E-state index contributed by atoms with van der Waals surface area (Å²) >= 11 is 3.09. The number of para-hydroxylation sites is 1. The number of ether oxygens (including phenoxy) is 1. The standard InChI is InChI=1S/C18H13BrF2N2O4/c19-9-6-13-14(7-11(9)21)27-17-8(2-1-3-10(17)20)16-12(22-18(25)26)4-5-15(24)23(13)16/h1-3,6-7,12,16,22H,4-5H2,(H,25,26)/t12-,16+/m1/s1. The Morgan fingerprint density at radius 2 is 2.07 bits per heavy atom. The molecule has 0 unspecified atom stereocenters. The summed E-state index contributed by atoms with van der Waals surface area (Å²) in [5.41, 5.74) is 0.556. The maximum Gasteiger partial charge on any atom is 0.404 e. The van der Waals surface area contributed by atoms with E-state index in [9.17, 15) is 23.5 Å². The first-order valence-corrected chi connectivity index (χ1v) is 8.93. The van der Waals surface area contributed by atoms with Gasteiger partial charge in [0.25, 0.3) is 0 Å². The molecule has 9 heteroatoms. The van der Waals surface area contributed by atoms with E-state index in [4.69, 9.17) is 4.74 Å². The van der Waals surface area contributed by atoms with Crippen LogP contribution in [0.15, 0.2) is 34.8 Å². The molecule has 0 bridgehead atoms. The van der Waals surface area contributed by atoms with Crippen molar-refractivity contribution in [3.8, 4) is 11.5 Å². The molecule has 2 aromatic rings. The molecule has 140 valence electrons. The number of nitrogens with zero attached hydrogens (tertiary/aromatic N) is 1. The Balaban J connectivity index is 1.99. The van der Waals surface area contributed by atoms with E-state index in [2.05, 4.69) is 21.2 Å². The van der Waals surface area contributed by atoms with Gasteiger partial charge >= 0.3 is 6.09 Å². The first-order valence-electron chi connectivity index (χ1n) is 8.13. The van der Waals surface area contributed by atoms with Crippen LogP contribution in [0.5, 0.6) is 11.5 Å². The minimum atomic E-state index is -1.25. The number of carbonyl (C=O) groups is 2. The fourth-order valence-electron chi connectivity index (χ4n) is 3.61. The van der Waals surface area contributed by atoms with Crippen LogP contribution in [0.3, 0.4) is 0 Å². The van der Waals surface area contributed by atoms with Crippen LogP contribution in [0.1, 0.15) is 24.4 Å². The maximum absolute atomic E-state index is 14.5. The lowest BCUT2D eigenvalue weighted by Crippen LogP contribution is -2.52. The Morgan fingerprint density at radius 3 is 2.81 bits per heavy atom. The predicted molar refractivity (Wildman–Crippen MR) is 95.0 cm³/mol. The number of piperidine rings is 1. The number of benzene rings is 2. The lowest BCUT2D eigenvalue weighted by Gasteiger charge is -2.40. The van der Waals surface area contributed by atoms with E-state index in [0.29, 0.717) is 5.56 Å². The van der Waals surface area contributed by atoms with Crippen LogP contribution in [0.25, 0.3) is 0 Å². The zero-order chi connectivity index (χ0) is 19.3. The van der Waals surface area contributed by atoms with Gasteiger partial charge in [-0.3, -0.25) is 9.69 Å². The number of nitrogens with one attached hydrogen (secondary N) is 1. The number of anilines is 1. The third kappa shape index (κ3) is 2.91. The third-order valence-electron chi connectivity index (χ3n) is 4.70. The lowest BCUT2D eigenvalue weighted by atomic mass is 9.89. The zero-order valence-corrected chi connectivity index (χ0v) is 15.3. The Morgan fingerprint density at radius 1 is 1.30 bits per heavy atom. The van der Waals surface area contributed by atoms with Gasteiger partial charge in [0.2, 0.25) is 5.91 Å². The van der Waals surface area contributed by atoms with Gasteiger partial charge in [0.1, 0.15) is 5.82 Å². The molecule has 4 rings (SSSR count). The summed E-state index contributed by atoms with van der Waals surface area (Å²) in [4.78, 5) is 25.4. The number of amides is 2. The molecule has 2 amide bonds. The van der Waals surface area contributed by atoms with E-state index in [1.807, 2.05) is 0 Å². The summed E-state index contributed by atoms with van der Waals surface area (Å²) in [6, 6.07) is 5.16. The number of hydrogen-bond donors (Lipinski definition) is 2. The molecule has 2 aromatic carbocycles. The topological polar surface area (TPSA) is 78.9 Å². The van der Waals surface area contributed by atoms with Gasteiger partial charge < -0.3 is 15.2 Å². The SMILES string of the molecule is O=C(O)N[C@@H]1CCC(=O)N2c3cc(Br)c(F)cc3Oc3c(F)cccc3[C@@H]12. The van der Waals surface area contributed by atoms with Crippen LogP contribution in [-0.4, -0.2) is 23.1 Å². The van der Waals surface area contributed by atoms with Gasteiger partial charge in [-0.1, -0.05) is 12.1 Å². The van der Waals surface area contributed by atoms with Gasteiger partial charge in [-0.05, 0) is 34.5 Å². The minimum absolute atomic E-state index is 0.0196. The monoisotopic (exact) mass is 438 g/mol. The second-order valence-electron chi connectivity index (χ2n) is 6.30. The zero-order valence-electron chi connectivity index (χ0n) is 13.7. The molecule has 0 saturated carbocycles. The molecular weight excluding hydrogens is 426 g/mol. The molecule has 0 spiro atoms. The lowest BCUT2D eigenvalue weighted by molar-refractivity contribution is -0.120. The van der Waals surface area contributed by atoms with Gasteiger partial charge in [0.05, 0.1) is 22.2 Å². The van der Waals surface area contributed by atoms with Crippen molar-refractivity contribution >= 4 is 33.6 Å². The molecule has 0 radical (unpaired) electrons. The predicted octanol–water partition coefficient (Wildman–Crippen LogP) is 4.34. The quantitative estimate of drug-likeness (QED) is 0.693. The largest absolute Gasteiger partial charge is 0.465 e. The molecule has 2 atom stereocenters. The fourth-order valence-corrected chi connectivity index (χ4v) is 3.94. The highest BCUT2D eigenvalue weighted by atomic mass is 79.9. The van der Waals surface area contributed by atoms with Gasteiger partial charge in [-0.2, -0.15) is 0 Å². The summed E-state index contributed by atoms with van der Waals surface area (Å²) in [6.07, 6.45) is -0.918. The molecule has 0 aliphatic carbocycles. The van der Waals surface area contributed by atoms with Crippen LogP contribution >= 0.6 is 15.9 Å². The van der Waals surface area contributed by atoms with Crippen molar-refractivity contribution in [1.82, 2.24) is 5.32 Å². The molecule has 1 saturated heterocycles. The molecule has 2 aliphatic rings. The van der Waals surface area contributed by atoms with E-state index >= 15 is 0 Å². The Bertz CT molecular complexity index is 969. The van der Waals surface area contributed by atoms with Gasteiger partial charge in [-0.15, -0.1) is 0 Å². The van der Waals surface area contributed by atoms with E-state index in [-0.39, 0.29) is 40.4 Å². The number of hydrogen-bond acceptors (Lipinski definition) is 3. The molecule has 1 fully saturated rings. The number of fused-ring (bicyclic) bond motifs is 5. The van der Waals surface area contributed by atoms with Crippen LogP contribution < -0.4 is 15.0 Å². The van der Waals surface area contributed by atoms with Crippen LogP contribution in [0, 0.1) is 11.6 Å². The number of rotatable bonds is 1. The molecule has 27 heavy (non-hydrogen) atoms. The van der Waals surface area contributed by atoms with Crippen molar-refractivity contribution in [3.05, 3.63) is 52.0 Å². The Hall–Kier alpha value is -2.68. The van der Waals surface area contributed by atoms with Crippen molar-refractivity contribution in [2.24, 2.45) is 0 Å². The summed E-state index contributed by atoms with van der Waals surface area (Å²) in [5.74, 6) is -1.77. The highest BCUT2D eigenvalue weighted by Crippen LogP contribution is 2.49. The highest BCUT2D eigenvalue weighted by molar-refractivity contribution is 9.10. The molecular formula is C18H13BrF2N2O4. The number of halogens is 3. The van der Waals surface area contributed by atoms with Crippen molar-refractivity contribution in [2.75, 3.05) is 4.90 Å². The van der Waals surface area contributed by atoms with E-state index in [1.54, 1.807) is 6.07 Å². The molecule has 2 heterocycles. The molecule has 2 aliphatic heterocycles. The van der Waals surface area contributed by atoms with E-state index in [0.717, 1.165) is 6.07 Å². The van der Waals surface area contributed by atoms with Crippen molar-refractivity contribution in [2.45, 2.75) is 24.9 Å². The normalized spacial score (nSPS) is 20.7. The van der Waals surface area contributed by atoms with Crippen molar-refractivity contribution < 1.29 is 28.2 Å². The second-order valence-corrected chi connectivity index (χ2v) is 7.15. The van der Waals surface area contributed by atoms with Gasteiger partial charge in [0.15, 0.2) is 17.3 Å². The first kappa shape index (κ1) is 17.7. The van der Waals surface area contributed by atoms with Gasteiger partial charge in [0, 0.05) is 18.1 Å². The second kappa shape index (κ2) is 6.49. The highest BCUT2D eigenvalue weighted by Gasteiger charge is 2.43. The summed E-state index contributed by atoms with van der Waals surface area (Å²) < 4.78 is 34.3. The van der Waals surface area contributed by atoms with Crippen LogP contribution in [0.4, 0.5) is 19.3 Å². The van der Waals surface area contributed by atoms with Crippen LogP contribution in [0.2, 0.25) is 0 Å².